The summed E-state index contributed by atoms with van der Waals surface area (Å²) in [5.41, 5.74) is 2.47. The number of halogens is 2. The molecule has 0 aromatic heterocycles. The fourth-order valence-electron chi connectivity index (χ4n) is 2.12. The predicted molar refractivity (Wildman–Crippen MR) is 89.9 cm³/mol. The standard InChI is InChI=1S/C17H18F2N2S/c1-3-12-4-7-14(8-5-12)21-17(22)20-11(2)15-9-6-13(18)10-16(15)19/h4-11H,3H2,1-2H3,(H2,20,21,22)/t11-/m0/s1. The van der Waals surface area contributed by atoms with E-state index < -0.39 is 11.6 Å². The fraction of sp³-hybridized carbons (Fsp3) is 0.235. The topological polar surface area (TPSA) is 24.1 Å². The molecule has 2 rings (SSSR count). The van der Waals surface area contributed by atoms with Crippen LogP contribution in [0.1, 0.15) is 31.0 Å². The van der Waals surface area contributed by atoms with Crippen molar-refractivity contribution in [2.24, 2.45) is 0 Å². The minimum atomic E-state index is -0.592. The molecule has 0 fully saturated rings. The second-order valence-corrected chi connectivity index (χ2v) is 5.44. The van der Waals surface area contributed by atoms with Crippen molar-refractivity contribution in [3.05, 3.63) is 65.2 Å². The highest BCUT2D eigenvalue weighted by molar-refractivity contribution is 7.80. The molecule has 2 aromatic carbocycles. The van der Waals surface area contributed by atoms with Gasteiger partial charge in [0.1, 0.15) is 11.6 Å². The number of aryl methyl sites for hydroxylation is 1. The summed E-state index contributed by atoms with van der Waals surface area (Å²) in [7, 11) is 0. The van der Waals surface area contributed by atoms with Crippen LogP contribution in [0, 0.1) is 11.6 Å². The molecule has 2 N–H and O–H groups in total. The van der Waals surface area contributed by atoms with Crippen molar-refractivity contribution < 1.29 is 8.78 Å². The molecule has 0 radical (unpaired) electrons. The van der Waals surface area contributed by atoms with Gasteiger partial charge in [0, 0.05) is 17.3 Å². The lowest BCUT2D eigenvalue weighted by Gasteiger charge is -2.18. The molecular weight excluding hydrogens is 302 g/mol. The lowest BCUT2D eigenvalue weighted by molar-refractivity contribution is 0.554. The smallest absolute Gasteiger partial charge is 0.171 e. The predicted octanol–water partition coefficient (Wildman–Crippen LogP) is 4.57. The molecular formula is C17H18F2N2S. The van der Waals surface area contributed by atoms with Gasteiger partial charge in [-0.2, -0.15) is 0 Å². The molecule has 0 saturated carbocycles. The minimum Gasteiger partial charge on any atom is -0.356 e. The molecule has 2 aromatic rings. The fourth-order valence-corrected chi connectivity index (χ4v) is 2.41. The third-order valence-corrected chi connectivity index (χ3v) is 3.62. The van der Waals surface area contributed by atoms with E-state index in [0.717, 1.165) is 18.2 Å². The Morgan fingerprint density at radius 3 is 2.41 bits per heavy atom. The summed E-state index contributed by atoms with van der Waals surface area (Å²) in [6.45, 7) is 3.86. The first-order valence-corrected chi connectivity index (χ1v) is 7.52. The number of thiocarbonyl (C=S) groups is 1. The van der Waals surface area contributed by atoms with Crippen LogP contribution in [0.4, 0.5) is 14.5 Å². The molecule has 22 heavy (non-hydrogen) atoms. The van der Waals surface area contributed by atoms with Crippen LogP contribution in [-0.2, 0) is 6.42 Å². The van der Waals surface area contributed by atoms with Gasteiger partial charge in [-0.15, -0.1) is 0 Å². The highest BCUT2D eigenvalue weighted by Gasteiger charge is 2.12. The number of hydrogen-bond acceptors (Lipinski definition) is 1. The van der Waals surface area contributed by atoms with E-state index in [4.69, 9.17) is 12.2 Å². The molecule has 0 heterocycles. The number of rotatable bonds is 4. The van der Waals surface area contributed by atoms with Crippen LogP contribution in [0.3, 0.4) is 0 Å². The van der Waals surface area contributed by atoms with Gasteiger partial charge < -0.3 is 10.6 Å². The maximum absolute atomic E-state index is 13.7. The zero-order chi connectivity index (χ0) is 16.1. The Morgan fingerprint density at radius 2 is 1.82 bits per heavy atom. The minimum absolute atomic E-state index is 0.365. The summed E-state index contributed by atoms with van der Waals surface area (Å²) in [5, 5.41) is 6.43. The van der Waals surface area contributed by atoms with Gasteiger partial charge in [0.15, 0.2) is 5.11 Å². The molecule has 116 valence electrons. The van der Waals surface area contributed by atoms with Gasteiger partial charge in [0.05, 0.1) is 6.04 Å². The average Bonchev–Trinajstić information content (AvgIpc) is 2.47. The zero-order valence-electron chi connectivity index (χ0n) is 12.5. The number of nitrogens with one attached hydrogen (secondary N) is 2. The van der Waals surface area contributed by atoms with E-state index in [0.29, 0.717) is 10.7 Å². The number of anilines is 1. The largest absolute Gasteiger partial charge is 0.356 e. The van der Waals surface area contributed by atoms with E-state index in [1.807, 2.05) is 24.3 Å². The number of hydrogen-bond donors (Lipinski definition) is 2. The molecule has 5 heteroatoms. The van der Waals surface area contributed by atoms with E-state index in [1.165, 1.54) is 17.7 Å². The van der Waals surface area contributed by atoms with Gasteiger partial charge in [-0.3, -0.25) is 0 Å². The van der Waals surface area contributed by atoms with Gasteiger partial charge in [0.2, 0.25) is 0 Å². The van der Waals surface area contributed by atoms with Crippen LogP contribution in [0.15, 0.2) is 42.5 Å². The van der Waals surface area contributed by atoms with Crippen molar-refractivity contribution in [1.29, 1.82) is 0 Å². The zero-order valence-corrected chi connectivity index (χ0v) is 13.3. The van der Waals surface area contributed by atoms with E-state index in [9.17, 15) is 8.78 Å². The van der Waals surface area contributed by atoms with E-state index in [1.54, 1.807) is 6.92 Å². The molecule has 0 saturated heterocycles. The van der Waals surface area contributed by atoms with Gasteiger partial charge in [-0.25, -0.2) is 8.78 Å². The summed E-state index contributed by atoms with van der Waals surface area (Å²) in [6.07, 6.45) is 0.976. The molecule has 0 aliphatic heterocycles. The first-order chi connectivity index (χ1) is 10.5. The Kier molecular flexibility index (Phi) is 5.44. The maximum Gasteiger partial charge on any atom is 0.171 e. The Balaban J connectivity index is 1.98. The molecule has 0 spiro atoms. The van der Waals surface area contributed by atoms with Crippen molar-refractivity contribution in [1.82, 2.24) is 5.32 Å². The van der Waals surface area contributed by atoms with Crippen LogP contribution in [0.2, 0.25) is 0 Å². The van der Waals surface area contributed by atoms with Crippen molar-refractivity contribution in [2.45, 2.75) is 26.3 Å². The van der Waals surface area contributed by atoms with E-state index in [2.05, 4.69) is 17.6 Å². The first kappa shape index (κ1) is 16.4. The van der Waals surface area contributed by atoms with E-state index >= 15 is 0 Å². The molecule has 1 atom stereocenters. The summed E-state index contributed by atoms with van der Waals surface area (Å²) < 4.78 is 26.6. The van der Waals surface area contributed by atoms with Gasteiger partial charge in [-0.1, -0.05) is 25.1 Å². The van der Waals surface area contributed by atoms with Crippen molar-refractivity contribution >= 4 is 23.0 Å². The normalized spacial score (nSPS) is 11.8. The van der Waals surface area contributed by atoms with Crippen molar-refractivity contribution in [3.8, 4) is 0 Å². The van der Waals surface area contributed by atoms with Crippen LogP contribution in [0.25, 0.3) is 0 Å². The first-order valence-electron chi connectivity index (χ1n) is 7.11. The molecule has 0 amide bonds. The SMILES string of the molecule is CCc1ccc(NC(=S)N[C@@H](C)c2ccc(F)cc2F)cc1. The van der Waals surface area contributed by atoms with E-state index in [-0.39, 0.29) is 6.04 Å². The van der Waals surface area contributed by atoms with Crippen LogP contribution >= 0.6 is 12.2 Å². The van der Waals surface area contributed by atoms with Gasteiger partial charge >= 0.3 is 0 Å². The Bertz CT molecular complexity index is 656. The monoisotopic (exact) mass is 320 g/mol. The maximum atomic E-state index is 13.7. The van der Waals surface area contributed by atoms with Crippen molar-refractivity contribution in [2.75, 3.05) is 5.32 Å². The summed E-state index contributed by atoms with van der Waals surface area (Å²) in [5.74, 6) is -1.18. The summed E-state index contributed by atoms with van der Waals surface area (Å²) in [6, 6.07) is 11.1. The molecule has 2 nitrogen and oxygen atoms in total. The molecule has 0 unspecified atom stereocenters. The third kappa shape index (κ3) is 4.24. The summed E-state index contributed by atoms with van der Waals surface area (Å²) >= 11 is 5.22. The lowest BCUT2D eigenvalue weighted by Crippen LogP contribution is -2.31. The third-order valence-electron chi connectivity index (χ3n) is 3.40. The number of benzene rings is 2. The van der Waals surface area contributed by atoms with Gasteiger partial charge in [-0.05, 0) is 49.3 Å². The lowest BCUT2D eigenvalue weighted by atomic mass is 10.1. The average molecular weight is 320 g/mol. The van der Waals surface area contributed by atoms with Crippen LogP contribution < -0.4 is 10.6 Å². The highest BCUT2D eigenvalue weighted by Crippen LogP contribution is 2.18. The molecule has 0 bridgehead atoms. The molecule has 0 aliphatic rings. The summed E-state index contributed by atoms with van der Waals surface area (Å²) in [4.78, 5) is 0. The van der Waals surface area contributed by atoms with Crippen molar-refractivity contribution in [3.63, 3.8) is 0 Å². The Hall–Kier alpha value is -2.01. The highest BCUT2D eigenvalue weighted by atomic mass is 32.1. The van der Waals surface area contributed by atoms with Gasteiger partial charge in [0.25, 0.3) is 0 Å². The second kappa shape index (κ2) is 7.31. The molecule has 0 aliphatic carbocycles. The second-order valence-electron chi connectivity index (χ2n) is 5.04. The quantitative estimate of drug-likeness (QED) is 0.807. The van der Waals surface area contributed by atoms with Crippen LogP contribution in [0.5, 0.6) is 0 Å². The van der Waals surface area contributed by atoms with Crippen LogP contribution in [-0.4, -0.2) is 5.11 Å². The Morgan fingerprint density at radius 1 is 1.14 bits per heavy atom. The Labute approximate surface area is 134 Å².